The van der Waals surface area contributed by atoms with Crippen molar-refractivity contribution in [1.82, 2.24) is 0 Å². The zero-order valence-electron chi connectivity index (χ0n) is 15.4. The molecule has 1 N–H and O–H groups in total. The highest BCUT2D eigenvalue weighted by Crippen LogP contribution is 2.32. The molecule has 1 heterocycles. The topological polar surface area (TPSA) is 49.4 Å². The monoisotopic (exact) mass is 336 g/mol. The molecule has 2 amide bonds. The van der Waals surface area contributed by atoms with E-state index in [1.54, 1.807) is 0 Å². The fraction of sp³-hybridized carbons (Fsp3) is 0.333. The third-order valence-corrected chi connectivity index (χ3v) is 4.73. The van der Waals surface area contributed by atoms with Gasteiger partial charge in [0.2, 0.25) is 5.91 Å². The van der Waals surface area contributed by atoms with E-state index in [1.165, 1.54) is 4.90 Å². The predicted octanol–water partition coefficient (Wildman–Crippen LogP) is 3.97. The van der Waals surface area contributed by atoms with Crippen molar-refractivity contribution in [3.8, 4) is 0 Å². The first-order valence-electron chi connectivity index (χ1n) is 8.56. The number of imide groups is 1. The van der Waals surface area contributed by atoms with Crippen LogP contribution in [0.3, 0.4) is 0 Å². The lowest BCUT2D eigenvalue weighted by Crippen LogP contribution is -2.35. The van der Waals surface area contributed by atoms with Gasteiger partial charge in [0, 0.05) is 5.69 Å². The van der Waals surface area contributed by atoms with E-state index in [4.69, 9.17) is 0 Å². The first kappa shape index (κ1) is 17.2. The fourth-order valence-electron chi connectivity index (χ4n) is 3.58. The minimum absolute atomic E-state index is 0.150. The molecule has 0 aliphatic carbocycles. The maximum Gasteiger partial charge on any atom is 0.256 e. The summed E-state index contributed by atoms with van der Waals surface area (Å²) in [7, 11) is 0. The number of nitrogens with zero attached hydrogens (tertiary/aromatic N) is 1. The van der Waals surface area contributed by atoms with Crippen LogP contribution in [0, 0.1) is 34.6 Å². The largest absolute Gasteiger partial charge is 0.373 e. The number of carbonyl (C=O) groups excluding carboxylic acids is 2. The Morgan fingerprint density at radius 2 is 1.52 bits per heavy atom. The van der Waals surface area contributed by atoms with Gasteiger partial charge in [0.25, 0.3) is 5.91 Å². The summed E-state index contributed by atoms with van der Waals surface area (Å²) < 4.78 is 0. The van der Waals surface area contributed by atoms with Crippen LogP contribution in [0.4, 0.5) is 11.4 Å². The van der Waals surface area contributed by atoms with E-state index in [1.807, 2.05) is 65.0 Å². The fourth-order valence-corrected chi connectivity index (χ4v) is 3.58. The summed E-state index contributed by atoms with van der Waals surface area (Å²) in [6, 6.07) is 9.56. The van der Waals surface area contributed by atoms with Crippen molar-refractivity contribution < 1.29 is 9.59 Å². The molecular weight excluding hydrogens is 312 g/mol. The van der Waals surface area contributed by atoms with Gasteiger partial charge < -0.3 is 5.32 Å². The maximum absolute atomic E-state index is 12.9. The van der Waals surface area contributed by atoms with Gasteiger partial charge in [-0.3, -0.25) is 9.59 Å². The quantitative estimate of drug-likeness (QED) is 0.863. The van der Waals surface area contributed by atoms with Crippen molar-refractivity contribution >= 4 is 23.2 Å². The Labute approximate surface area is 148 Å². The number of hydrogen-bond acceptors (Lipinski definition) is 3. The molecule has 2 aromatic carbocycles. The van der Waals surface area contributed by atoms with Crippen LogP contribution in [0.2, 0.25) is 0 Å². The molecule has 3 rings (SSSR count). The number of anilines is 2. The summed E-state index contributed by atoms with van der Waals surface area (Å²) in [6.45, 7) is 9.91. The molecule has 1 saturated heterocycles. The Hall–Kier alpha value is -2.62. The molecular formula is C21H24N2O2. The maximum atomic E-state index is 12.9. The van der Waals surface area contributed by atoms with Crippen LogP contribution in [0.5, 0.6) is 0 Å². The normalized spacial score (nSPS) is 17.3. The van der Waals surface area contributed by atoms with Crippen molar-refractivity contribution in [2.75, 3.05) is 10.2 Å². The SMILES string of the molecule is Cc1cc(C)c(N2C(=O)CC(Nc3cc(C)ccc3C)C2=O)c(C)c1. The van der Waals surface area contributed by atoms with Crippen LogP contribution < -0.4 is 10.2 Å². The Balaban J connectivity index is 1.92. The third kappa shape index (κ3) is 3.16. The molecule has 0 aromatic heterocycles. The lowest BCUT2D eigenvalue weighted by Gasteiger charge is -2.21. The van der Waals surface area contributed by atoms with Crippen LogP contribution in [0.25, 0.3) is 0 Å². The number of nitrogens with one attached hydrogen (secondary N) is 1. The van der Waals surface area contributed by atoms with Crippen LogP contribution in [-0.4, -0.2) is 17.9 Å². The highest BCUT2D eigenvalue weighted by Gasteiger charge is 2.40. The smallest absolute Gasteiger partial charge is 0.256 e. The Morgan fingerprint density at radius 1 is 0.880 bits per heavy atom. The van der Waals surface area contributed by atoms with Crippen molar-refractivity contribution in [2.45, 2.75) is 47.1 Å². The van der Waals surface area contributed by atoms with Crippen LogP contribution in [0.1, 0.15) is 34.2 Å². The molecule has 0 radical (unpaired) electrons. The Kier molecular flexibility index (Phi) is 4.38. The minimum Gasteiger partial charge on any atom is -0.373 e. The third-order valence-electron chi connectivity index (χ3n) is 4.73. The van der Waals surface area contributed by atoms with Crippen molar-refractivity contribution in [3.05, 3.63) is 58.1 Å². The molecule has 1 aliphatic heterocycles. The summed E-state index contributed by atoms with van der Waals surface area (Å²) in [5, 5.41) is 3.27. The second-order valence-electron chi connectivity index (χ2n) is 7.03. The Bertz CT molecular complexity index is 847. The van der Waals surface area contributed by atoms with Gasteiger partial charge in [0.1, 0.15) is 6.04 Å². The zero-order chi connectivity index (χ0) is 18.3. The number of aryl methyl sites for hydroxylation is 5. The molecule has 1 unspecified atom stereocenters. The highest BCUT2D eigenvalue weighted by molar-refractivity contribution is 6.23. The summed E-state index contributed by atoms with van der Waals surface area (Å²) in [4.78, 5) is 26.9. The molecule has 2 aromatic rings. The second kappa shape index (κ2) is 6.36. The van der Waals surface area contributed by atoms with Gasteiger partial charge in [-0.25, -0.2) is 4.90 Å². The van der Waals surface area contributed by atoms with Crippen molar-refractivity contribution in [1.29, 1.82) is 0 Å². The number of rotatable bonds is 3. The van der Waals surface area contributed by atoms with E-state index in [2.05, 4.69) is 5.32 Å². The van der Waals surface area contributed by atoms with Gasteiger partial charge in [0.15, 0.2) is 0 Å². The number of carbonyl (C=O) groups is 2. The molecule has 4 heteroatoms. The van der Waals surface area contributed by atoms with Crippen LogP contribution >= 0.6 is 0 Å². The van der Waals surface area contributed by atoms with E-state index >= 15 is 0 Å². The summed E-state index contributed by atoms with van der Waals surface area (Å²) in [6.07, 6.45) is 0.180. The standard InChI is InChI=1S/C21H24N2O2/c1-12-6-7-14(3)17(10-12)22-18-11-19(24)23(21(18)25)20-15(4)8-13(2)9-16(20)5/h6-10,18,22H,11H2,1-5H3. The van der Waals surface area contributed by atoms with E-state index in [-0.39, 0.29) is 18.2 Å². The van der Waals surface area contributed by atoms with E-state index < -0.39 is 6.04 Å². The second-order valence-corrected chi connectivity index (χ2v) is 7.03. The Morgan fingerprint density at radius 3 is 2.16 bits per heavy atom. The predicted molar refractivity (Wildman–Crippen MR) is 101 cm³/mol. The minimum atomic E-state index is -0.520. The van der Waals surface area contributed by atoms with Gasteiger partial charge in [-0.2, -0.15) is 0 Å². The summed E-state index contributed by atoms with van der Waals surface area (Å²) in [5.74, 6) is -0.330. The van der Waals surface area contributed by atoms with Crippen LogP contribution in [0.15, 0.2) is 30.3 Å². The number of amides is 2. The number of benzene rings is 2. The molecule has 0 spiro atoms. The van der Waals surface area contributed by atoms with Gasteiger partial charge in [-0.15, -0.1) is 0 Å². The molecule has 4 nitrogen and oxygen atoms in total. The summed E-state index contributed by atoms with van der Waals surface area (Å²) >= 11 is 0. The van der Waals surface area contributed by atoms with Gasteiger partial charge >= 0.3 is 0 Å². The first-order chi connectivity index (χ1) is 11.8. The zero-order valence-corrected chi connectivity index (χ0v) is 15.4. The highest BCUT2D eigenvalue weighted by atomic mass is 16.2. The van der Waals surface area contributed by atoms with Crippen LogP contribution in [-0.2, 0) is 9.59 Å². The lowest BCUT2D eigenvalue weighted by molar-refractivity contribution is -0.121. The van der Waals surface area contributed by atoms with E-state index in [0.29, 0.717) is 0 Å². The lowest BCUT2D eigenvalue weighted by atomic mass is 10.0. The van der Waals surface area contributed by atoms with Gasteiger partial charge in [0.05, 0.1) is 12.1 Å². The molecule has 1 fully saturated rings. The first-order valence-corrected chi connectivity index (χ1v) is 8.56. The van der Waals surface area contributed by atoms with Gasteiger partial charge in [-0.1, -0.05) is 29.8 Å². The van der Waals surface area contributed by atoms with Crippen molar-refractivity contribution in [2.24, 2.45) is 0 Å². The molecule has 25 heavy (non-hydrogen) atoms. The van der Waals surface area contributed by atoms with E-state index in [0.717, 1.165) is 39.2 Å². The average Bonchev–Trinajstić information content (AvgIpc) is 2.78. The van der Waals surface area contributed by atoms with Crippen molar-refractivity contribution in [3.63, 3.8) is 0 Å². The van der Waals surface area contributed by atoms with Gasteiger partial charge in [-0.05, 0) is 62.9 Å². The number of hydrogen-bond donors (Lipinski definition) is 1. The molecule has 130 valence electrons. The molecule has 0 bridgehead atoms. The van der Waals surface area contributed by atoms with E-state index in [9.17, 15) is 9.59 Å². The summed E-state index contributed by atoms with van der Waals surface area (Å²) in [5.41, 5.74) is 6.84. The average molecular weight is 336 g/mol. The molecule has 1 atom stereocenters. The molecule has 1 aliphatic rings. The molecule has 0 saturated carbocycles.